The molecule has 0 unspecified atom stereocenters. The molecule has 8 heteroatoms. The van der Waals surface area contributed by atoms with Gasteiger partial charge in [-0.15, -0.1) is 0 Å². The van der Waals surface area contributed by atoms with Crippen LogP contribution in [0.4, 0.5) is 5.82 Å². The topological polar surface area (TPSA) is 95.8 Å². The van der Waals surface area contributed by atoms with Crippen molar-refractivity contribution in [1.29, 1.82) is 0 Å². The molecule has 0 atom stereocenters. The number of nitrogens with one attached hydrogen (secondary N) is 2. The van der Waals surface area contributed by atoms with E-state index in [1.54, 1.807) is 10.6 Å². The first-order chi connectivity index (χ1) is 12.0. The van der Waals surface area contributed by atoms with Crippen molar-refractivity contribution in [2.75, 3.05) is 5.32 Å². The molecule has 1 aromatic carbocycles. The Morgan fingerprint density at radius 1 is 1.36 bits per heavy atom. The van der Waals surface area contributed by atoms with Crippen molar-refractivity contribution in [2.24, 2.45) is 0 Å². The van der Waals surface area contributed by atoms with Crippen LogP contribution in [-0.2, 0) is 11.3 Å². The third-order valence-corrected chi connectivity index (χ3v) is 3.95. The van der Waals surface area contributed by atoms with Crippen LogP contribution in [0, 0.1) is 11.7 Å². The molecule has 3 aromatic rings. The van der Waals surface area contributed by atoms with Gasteiger partial charge in [-0.05, 0) is 37.3 Å². The maximum absolute atomic E-state index is 12.1. The zero-order valence-electron chi connectivity index (χ0n) is 13.6. The first-order valence-corrected chi connectivity index (χ1v) is 8.11. The van der Waals surface area contributed by atoms with Gasteiger partial charge in [0, 0.05) is 24.7 Å². The van der Waals surface area contributed by atoms with Gasteiger partial charge in [-0.2, -0.15) is 5.10 Å². The third-order valence-electron chi connectivity index (χ3n) is 3.64. The van der Waals surface area contributed by atoms with Crippen molar-refractivity contribution in [3.05, 3.63) is 52.9 Å². The summed E-state index contributed by atoms with van der Waals surface area (Å²) in [6.45, 7) is 2.36. The van der Waals surface area contributed by atoms with Crippen LogP contribution in [0.2, 0.25) is 0 Å². The second-order valence-corrected chi connectivity index (χ2v) is 5.93. The fourth-order valence-electron chi connectivity index (χ4n) is 2.43. The normalized spacial score (nSPS) is 10.6. The fraction of sp³-hybridized carbons (Fsp3) is 0.176. The Morgan fingerprint density at radius 3 is 2.96 bits per heavy atom. The number of carbonyl (C=O) groups excluding carboxylic acids is 1. The lowest BCUT2D eigenvalue weighted by molar-refractivity contribution is -0.116. The van der Waals surface area contributed by atoms with Gasteiger partial charge in [0.2, 0.25) is 5.91 Å². The minimum Gasteiger partial charge on any atom is -0.504 e. The Kier molecular flexibility index (Phi) is 4.90. The predicted molar refractivity (Wildman–Crippen MR) is 96.7 cm³/mol. The number of aryl methyl sites for hydroxylation is 1. The highest BCUT2D eigenvalue weighted by Gasteiger charge is 2.12. The SMILES string of the molecule is Cc1cccc(-c2n[nH]c(=S)n2CCC(=O)Nc2ncccc2O)c1. The zero-order valence-corrected chi connectivity index (χ0v) is 14.4. The van der Waals surface area contributed by atoms with E-state index in [4.69, 9.17) is 12.2 Å². The average Bonchev–Trinajstić information content (AvgIpc) is 2.96. The van der Waals surface area contributed by atoms with Gasteiger partial charge < -0.3 is 10.4 Å². The lowest BCUT2D eigenvalue weighted by Crippen LogP contribution is -2.16. The molecule has 128 valence electrons. The van der Waals surface area contributed by atoms with Crippen LogP contribution in [-0.4, -0.2) is 30.8 Å². The fourth-order valence-corrected chi connectivity index (χ4v) is 2.65. The van der Waals surface area contributed by atoms with Crippen molar-refractivity contribution >= 4 is 23.9 Å². The molecule has 0 aliphatic heterocycles. The molecule has 3 rings (SSSR count). The van der Waals surface area contributed by atoms with Crippen molar-refractivity contribution in [1.82, 2.24) is 19.7 Å². The summed E-state index contributed by atoms with van der Waals surface area (Å²) in [4.78, 5) is 16.1. The van der Waals surface area contributed by atoms with Gasteiger partial charge in [0.05, 0.1) is 0 Å². The summed E-state index contributed by atoms with van der Waals surface area (Å²) in [6.07, 6.45) is 1.67. The molecule has 0 aliphatic rings. The number of carbonyl (C=O) groups is 1. The summed E-state index contributed by atoms with van der Waals surface area (Å²) in [5.41, 5.74) is 2.04. The number of hydrogen-bond acceptors (Lipinski definition) is 5. The van der Waals surface area contributed by atoms with E-state index in [0.29, 0.717) is 17.1 Å². The number of aromatic hydroxyl groups is 1. The third kappa shape index (κ3) is 3.92. The van der Waals surface area contributed by atoms with E-state index in [2.05, 4.69) is 20.5 Å². The standard InChI is InChI=1S/C17H17N5O2S/c1-11-4-2-5-12(10-11)16-20-21-17(25)22(16)9-7-14(24)19-15-13(23)6-3-8-18-15/h2-6,8,10,23H,7,9H2,1H3,(H,21,25)(H,18,19,24). The minimum atomic E-state index is -0.271. The molecule has 0 radical (unpaired) electrons. The van der Waals surface area contributed by atoms with Gasteiger partial charge in [-0.25, -0.2) is 4.98 Å². The van der Waals surface area contributed by atoms with E-state index in [1.165, 1.54) is 12.3 Å². The number of benzene rings is 1. The lowest BCUT2D eigenvalue weighted by atomic mass is 10.1. The molecule has 2 aromatic heterocycles. The summed E-state index contributed by atoms with van der Waals surface area (Å²) < 4.78 is 2.23. The summed E-state index contributed by atoms with van der Waals surface area (Å²) in [5, 5.41) is 19.3. The Bertz CT molecular complexity index is 963. The Balaban J connectivity index is 1.74. The molecule has 1 amide bonds. The Labute approximate surface area is 149 Å². The number of aromatic amines is 1. The highest BCUT2D eigenvalue weighted by molar-refractivity contribution is 7.71. The largest absolute Gasteiger partial charge is 0.504 e. The molecule has 0 fully saturated rings. The predicted octanol–water partition coefficient (Wildman–Crippen LogP) is 3.05. The van der Waals surface area contributed by atoms with Gasteiger partial charge in [0.1, 0.15) is 0 Å². The van der Waals surface area contributed by atoms with Gasteiger partial charge in [0.15, 0.2) is 22.2 Å². The van der Waals surface area contributed by atoms with Crippen LogP contribution in [0.25, 0.3) is 11.4 Å². The van der Waals surface area contributed by atoms with Crippen LogP contribution in [0.3, 0.4) is 0 Å². The molecule has 0 aliphatic carbocycles. The first-order valence-electron chi connectivity index (χ1n) is 7.70. The monoisotopic (exact) mass is 355 g/mol. The lowest BCUT2D eigenvalue weighted by Gasteiger charge is -2.08. The molecular formula is C17H17N5O2S. The zero-order chi connectivity index (χ0) is 17.8. The van der Waals surface area contributed by atoms with E-state index < -0.39 is 0 Å². The van der Waals surface area contributed by atoms with Crippen LogP contribution in [0.1, 0.15) is 12.0 Å². The Morgan fingerprint density at radius 2 is 2.20 bits per heavy atom. The maximum Gasteiger partial charge on any atom is 0.227 e. The first kappa shape index (κ1) is 16.8. The van der Waals surface area contributed by atoms with E-state index in [-0.39, 0.29) is 23.9 Å². The number of anilines is 1. The number of nitrogens with zero attached hydrogens (tertiary/aromatic N) is 3. The average molecular weight is 355 g/mol. The highest BCUT2D eigenvalue weighted by Crippen LogP contribution is 2.20. The number of hydrogen-bond donors (Lipinski definition) is 3. The van der Waals surface area contributed by atoms with Crippen molar-refractivity contribution < 1.29 is 9.90 Å². The van der Waals surface area contributed by atoms with E-state index in [1.807, 2.05) is 31.2 Å². The number of rotatable bonds is 5. The van der Waals surface area contributed by atoms with Gasteiger partial charge in [0.25, 0.3) is 0 Å². The molecule has 0 saturated heterocycles. The van der Waals surface area contributed by atoms with Crippen LogP contribution >= 0.6 is 12.2 Å². The van der Waals surface area contributed by atoms with Crippen molar-refractivity contribution in [3.63, 3.8) is 0 Å². The van der Waals surface area contributed by atoms with Gasteiger partial charge >= 0.3 is 0 Å². The van der Waals surface area contributed by atoms with Crippen LogP contribution in [0.5, 0.6) is 5.75 Å². The van der Waals surface area contributed by atoms with Gasteiger partial charge in [-0.3, -0.25) is 14.5 Å². The van der Waals surface area contributed by atoms with E-state index >= 15 is 0 Å². The number of aromatic nitrogens is 4. The van der Waals surface area contributed by atoms with Crippen molar-refractivity contribution in [3.8, 4) is 17.1 Å². The van der Waals surface area contributed by atoms with Crippen molar-refractivity contribution in [2.45, 2.75) is 19.9 Å². The van der Waals surface area contributed by atoms with E-state index in [9.17, 15) is 9.90 Å². The molecule has 7 nitrogen and oxygen atoms in total. The smallest absolute Gasteiger partial charge is 0.227 e. The number of amides is 1. The van der Waals surface area contributed by atoms with Crippen LogP contribution < -0.4 is 5.32 Å². The number of H-pyrrole nitrogens is 1. The molecular weight excluding hydrogens is 338 g/mol. The quantitative estimate of drug-likeness (QED) is 0.611. The number of pyridine rings is 1. The maximum atomic E-state index is 12.1. The molecule has 0 bridgehead atoms. The summed E-state index contributed by atoms with van der Waals surface area (Å²) in [5.74, 6) is 0.480. The second-order valence-electron chi connectivity index (χ2n) is 5.54. The highest BCUT2D eigenvalue weighted by atomic mass is 32.1. The molecule has 2 heterocycles. The molecule has 0 saturated carbocycles. The second kappa shape index (κ2) is 7.27. The minimum absolute atomic E-state index is 0.0729. The Hall–Kier alpha value is -3.00. The van der Waals surface area contributed by atoms with Gasteiger partial charge in [-0.1, -0.05) is 23.8 Å². The molecule has 0 spiro atoms. The summed E-state index contributed by atoms with van der Waals surface area (Å²) in [7, 11) is 0. The van der Waals surface area contributed by atoms with E-state index in [0.717, 1.165) is 11.1 Å². The molecule has 25 heavy (non-hydrogen) atoms. The molecule has 3 N–H and O–H groups in total. The summed E-state index contributed by atoms with van der Waals surface area (Å²) >= 11 is 5.27. The van der Waals surface area contributed by atoms with Crippen LogP contribution in [0.15, 0.2) is 42.6 Å². The summed E-state index contributed by atoms with van der Waals surface area (Å²) in [6, 6.07) is 11.0.